The molecule has 0 heterocycles. The average Bonchev–Trinajstić information content (AvgIpc) is 2.59. The third-order valence-electron chi connectivity index (χ3n) is 3.22. The highest BCUT2D eigenvalue weighted by Crippen LogP contribution is 2.39. The molecule has 0 bridgehead atoms. The van der Waals surface area contributed by atoms with E-state index in [9.17, 15) is 4.79 Å². The van der Waals surface area contributed by atoms with Crippen LogP contribution in [0.4, 0.5) is 4.79 Å². The number of ether oxygens (including phenoxy) is 2. The summed E-state index contributed by atoms with van der Waals surface area (Å²) in [5.41, 5.74) is 2.14. The van der Waals surface area contributed by atoms with Gasteiger partial charge in [-0.25, -0.2) is 0 Å². The molecule has 0 aliphatic heterocycles. The van der Waals surface area contributed by atoms with Crippen molar-refractivity contribution in [1.29, 1.82) is 0 Å². The number of carbonyl (C=O) groups excluding carboxylic acids is 1. The Labute approximate surface area is 139 Å². The van der Waals surface area contributed by atoms with Gasteiger partial charge < -0.3 is 9.47 Å². The topological polar surface area (TPSA) is 35.5 Å². The Morgan fingerprint density at radius 1 is 0.864 bits per heavy atom. The van der Waals surface area contributed by atoms with Gasteiger partial charge in [0.15, 0.2) is 0 Å². The van der Waals surface area contributed by atoms with Crippen molar-refractivity contribution >= 4 is 28.0 Å². The average molecular weight is 334 g/mol. The molecular formula is C17H18O3S2. The lowest BCUT2D eigenvalue weighted by Gasteiger charge is -2.17. The molecule has 0 aliphatic carbocycles. The minimum absolute atomic E-state index is 0.0447. The first-order valence-electron chi connectivity index (χ1n) is 6.70. The van der Waals surface area contributed by atoms with Crippen molar-refractivity contribution in [2.75, 3.05) is 20.5 Å². The smallest absolute Gasteiger partial charge is 0.246 e. The standard InChI is InChI=1S/C17H18O3S2/c1-19-14-8-4-12(5-9-14)16(22-17(18)21-3)13-6-10-15(20-2)11-7-13/h4-11,16H,1-3H3. The highest BCUT2D eigenvalue weighted by Gasteiger charge is 2.19. The lowest BCUT2D eigenvalue weighted by atomic mass is 10.0. The Balaban J connectivity index is 2.33. The summed E-state index contributed by atoms with van der Waals surface area (Å²) in [5.74, 6) is 1.61. The fraction of sp³-hybridized carbons (Fsp3) is 0.235. The van der Waals surface area contributed by atoms with Gasteiger partial charge in [0.2, 0.25) is 4.45 Å². The molecule has 0 aliphatic rings. The maximum Gasteiger partial charge on any atom is 0.246 e. The van der Waals surface area contributed by atoms with E-state index < -0.39 is 0 Å². The third kappa shape index (κ3) is 4.21. The number of hydrogen-bond acceptors (Lipinski definition) is 5. The minimum atomic E-state index is -0.0447. The maximum atomic E-state index is 11.9. The second-order valence-electron chi connectivity index (χ2n) is 4.50. The van der Waals surface area contributed by atoms with Crippen molar-refractivity contribution in [2.24, 2.45) is 0 Å². The van der Waals surface area contributed by atoms with Crippen molar-refractivity contribution in [2.45, 2.75) is 5.25 Å². The van der Waals surface area contributed by atoms with E-state index in [1.807, 2.05) is 48.5 Å². The Kier molecular flexibility index (Phi) is 6.21. The lowest BCUT2D eigenvalue weighted by Crippen LogP contribution is -1.99. The number of rotatable bonds is 5. The number of methoxy groups -OCH3 is 2. The summed E-state index contributed by atoms with van der Waals surface area (Å²) in [6.45, 7) is 0. The quantitative estimate of drug-likeness (QED) is 0.768. The minimum Gasteiger partial charge on any atom is -0.497 e. The zero-order valence-electron chi connectivity index (χ0n) is 12.7. The largest absolute Gasteiger partial charge is 0.497 e. The van der Waals surface area contributed by atoms with Crippen molar-refractivity contribution < 1.29 is 14.3 Å². The van der Waals surface area contributed by atoms with Gasteiger partial charge in [-0.3, -0.25) is 4.79 Å². The Hall–Kier alpha value is -1.59. The molecule has 0 N–H and O–H groups in total. The molecule has 2 aromatic rings. The van der Waals surface area contributed by atoms with E-state index in [1.165, 1.54) is 23.5 Å². The van der Waals surface area contributed by atoms with E-state index >= 15 is 0 Å². The van der Waals surface area contributed by atoms with E-state index in [-0.39, 0.29) is 9.70 Å². The van der Waals surface area contributed by atoms with Gasteiger partial charge in [-0.05, 0) is 41.6 Å². The molecule has 0 radical (unpaired) electrons. The molecule has 22 heavy (non-hydrogen) atoms. The predicted octanol–water partition coefficient (Wildman–Crippen LogP) is 5.01. The number of thioether (sulfide) groups is 2. The molecule has 2 aromatic carbocycles. The van der Waals surface area contributed by atoms with Crippen LogP contribution in [0.15, 0.2) is 48.5 Å². The van der Waals surface area contributed by atoms with Gasteiger partial charge in [0.25, 0.3) is 0 Å². The van der Waals surface area contributed by atoms with Crippen LogP contribution in [0, 0.1) is 0 Å². The zero-order valence-corrected chi connectivity index (χ0v) is 14.4. The van der Waals surface area contributed by atoms with Crippen molar-refractivity contribution in [3.05, 3.63) is 59.7 Å². The molecule has 0 aromatic heterocycles. The molecule has 0 unspecified atom stereocenters. The highest BCUT2D eigenvalue weighted by atomic mass is 32.2. The van der Waals surface area contributed by atoms with Crippen molar-refractivity contribution in [1.82, 2.24) is 0 Å². The molecule has 0 fully saturated rings. The van der Waals surface area contributed by atoms with Gasteiger partial charge in [-0.1, -0.05) is 47.8 Å². The fourth-order valence-electron chi connectivity index (χ4n) is 2.03. The van der Waals surface area contributed by atoms with E-state index in [0.717, 1.165) is 22.6 Å². The Morgan fingerprint density at radius 3 is 1.59 bits per heavy atom. The molecule has 5 heteroatoms. The summed E-state index contributed by atoms with van der Waals surface area (Å²) in [4.78, 5) is 11.9. The zero-order chi connectivity index (χ0) is 15.9. The number of carbonyl (C=O) groups is 1. The van der Waals surface area contributed by atoms with Crippen LogP contribution < -0.4 is 9.47 Å². The molecule has 0 amide bonds. The van der Waals surface area contributed by atoms with Crippen LogP contribution in [-0.2, 0) is 0 Å². The van der Waals surface area contributed by atoms with Crippen LogP contribution in [0.25, 0.3) is 0 Å². The predicted molar refractivity (Wildman–Crippen MR) is 94.3 cm³/mol. The first-order chi connectivity index (χ1) is 10.7. The van der Waals surface area contributed by atoms with Gasteiger partial charge in [0.05, 0.1) is 19.5 Å². The molecular weight excluding hydrogens is 316 g/mol. The van der Waals surface area contributed by atoms with Crippen LogP contribution in [0.1, 0.15) is 16.4 Å². The second kappa shape index (κ2) is 8.15. The van der Waals surface area contributed by atoms with E-state index in [2.05, 4.69) is 0 Å². The first-order valence-corrected chi connectivity index (χ1v) is 8.81. The molecule has 0 spiro atoms. The fourth-order valence-corrected chi connectivity index (χ4v) is 3.48. The second-order valence-corrected chi connectivity index (χ2v) is 6.61. The highest BCUT2D eigenvalue weighted by molar-refractivity contribution is 8.38. The normalized spacial score (nSPS) is 10.5. The summed E-state index contributed by atoms with van der Waals surface area (Å²) in [7, 11) is 3.28. The summed E-state index contributed by atoms with van der Waals surface area (Å²) >= 11 is 2.55. The van der Waals surface area contributed by atoms with E-state index in [4.69, 9.17) is 9.47 Å². The van der Waals surface area contributed by atoms with Gasteiger partial charge in [-0.15, -0.1) is 0 Å². The summed E-state index contributed by atoms with van der Waals surface area (Å²) in [6.07, 6.45) is 1.80. The molecule has 3 nitrogen and oxygen atoms in total. The lowest BCUT2D eigenvalue weighted by molar-refractivity contribution is 0.276. The van der Waals surface area contributed by atoms with Crippen molar-refractivity contribution in [3.8, 4) is 11.5 Å². The van der Waals surface area contributed by atoms with Gasteiger partial charge in [0.1, 0.15) is 11.5 Å². The molecule has 116 valence electrons. The Morgan fingerprint density at radius 2 is 1.27 bits per heavy atom. The van der Waals surface area contributed by atoms with Gasteiger partial charge >= 0.3 is 0 Å². The third-order valence-corrected chi connectivity index (χ3v) is 5.31. The maximum absolute atomic E-state index is 11.9. The van der Waals surface area contributed by atoms with E-state index in [0.29, 0.717) is 0 Å². The molecule has 2 rings (SSSR count). The monoisotopic (exact) mass is 334 g/mol. The van der Waals surface area contributed by atoms with Crippen LogP contribution in [0.5, 0.6) is 11.5 Å². The van der Waals surface area contributed by atoms with Crippen LogP contribution in [-0.4, -0.2) is 24.9 Å². The molecule has 0 saturated carbocycles. The van der Waals surface area contributed by atoms with Crippen LogP contribution in [0.2, 0.25) is 0 Å². The van der Waals surface area contributed by atoms with Gasteiger partial charge in [0, 0.05) is 0 Å². The molecule has 0 saturated heterocycles. The summed E-state index contributed by atoms with van der Waals surface area (Å²) < 4.78 is 10.5. The summed E-state index contributed by atoms with van der Waals surface area (Å²) in [6, 6.07) is 15.6. The van der Waals surface area contributed by atoms with Gasteiger partial charge in [-0.2, -0.15) is 0 Å². The SMILES string of the molecule is COc1ccc(C(SC(=O)SC)c2ccc(OC)cc2)cc1. The Bertz CT molecular complexity index is 561. The van der Waals surface area contributed by atoms with E-state index in [1.54, 1.807) is 20.5 Å². The summed E-state index contributed by atoms with van der Waals surface area (Å²) in [5, 5.41) is -0.0447. The van der Waals surface area contributed by atoms with Crippen LogP contribution >= 0.6 is 23.5 Å². The number of benzene rings is 2. The number of hydrogen-bond donors (Lipinski definition) is 0. The van der Waals surface area contributed by atoms with Crippen LogP contribution in [0.3, 0.4) is 0 Å². The first kappa shape index (κ1) is 16.8. The molecule has 0 atom stereocenters. The van der Waals surface area contributed by atoms with Crippen molar-refractivity contribution in [3.63, 3.8) is 0 Å².